The van der Waals surface area contributed by atoms with Crippen molar-refractivity contribution in [2.45, 2.75) is 6.92 Å². The van der Waals surface area contributed by atoms with Gasteiger partial charge in [-0.2, -0.15) is 19.9 Å². The third kappa shape index (κ3) is 1.99. The minimum absolute atomic E-state index is 0.381. The van der Waals surface area contributed by atoms with Crippen molar-refractivity contribution >= 4 is 11.5 Å². The number of aromatic nitrogens is 4. The molecule has 0 spiro atoms. The van der Waals surface area contributed by atoms with Gasteiger partial charge in [0.15, 0.2) is 5.75 Å². The van der Waals surface area contributed by atoms with Gasteiger partial charge in [0, 0.05) is 11.8 Å². The summed E-state index contributed by atoms with van der Waals surface area (Å²) in [5.74, 6) is 1.36. The number of nitrogen functional groups attached to an aromatic ring is 1. The number of nitrogens with zero attached hydrogens (tertiary/aromatic N) is 5. The van der Waals surface area contributed by atoms with Crippen molar-refractivity contribution in [3.05, 3.63) is 41.9 Å². The average Bonchev–Trinajstić information content (AvgIpc) is 2.89. The first-order valence-electron chi connectivity index (χ1n) is 5.82. The number of benzene rings is 1. The maximum Gasteiger partial charge on any atom is 0.255 e. The summed E-state index contributed by atoms with van der Waals surface area (Å²) < 4.78 is 7.22. The summed E-state index contributed by atoms with van der Waals surface area (Å²) in [6, 6.07) is 8.60. The maximum absolute atomic E-state index is 8.82. The van der Waals surface area contributed by atoms with E-state index in [1.165, 1.54) is 10.8 Å². The lowest BCUT2D eigenvalue weighted by Gasteiger charge is -2.09. The molecule has 0 aliphatic heterocycles. The van der Waals surface area contributed by atoms with E-state index in [-0.39, 0.29) is 0 Å². The predicted octanol–water partition coefficient (Wildman–Crippen LogP) is 1.68. The summed E-state index contributed by atoms with van der Waals surface area (Å²) >= 11 is 0. The Morgan fingerprint density at radius 1 is 1.35 bits per heavy atom. The summed E-state index contributed by atoms with van der Waals surface area (Å²) in [6.07, 6.45) is 1.40. The Kier molecular flexibility index (Phi) is 2.69. The number of anilines is 1. The van der Waals surface area contributed by atoms with Crippen LogP contribution in [0.1, 0.15) is 11.3 Å². The number of nitriles is 1. The highest BCUT2D eigenvalue weighted by atomic mass is 16.5. The van der Waals surface area contributed by atoms with E-state index < -0.39 is 0 Å². The fourth-order valence-electron chi connectivity index (χ4n) is 1.79. The normalized spacial score (nSPS) is 10.4. The Labute approximate surface area is 114 Å². The summed E-state index contributed by atoms with van der Waals surface area (Å²) in [6.45, 7) is 1.84. The first-order valence-corrected chi connectivity index (χ1v) is 5.82. The molecule has 0 aliphatic rings. The van der Waals surface area contributed by atoms with Gasteiger partial charge in [-0.25, -0.2) is 4.98 Å². The molecule has 0 amide bonds. The van der Waals surface area contributed by atoms with Crippen LogP contribution in [0.5, 0.6) is 11.6 Å². The van der Waals surface area contributed by atoms with Crippen molar-refractivity contribution in [2.75, 3.05) is 5.73 Å². The Bertz CT molecular complexity index is 832. The van der Waals surface area contributed by atoms with Gasteiger partial charge >= 0.3 is 0 Å². The second-order valence-corrected chi connectivity index (χ2v) is 4.17. The molecule has 20 heavy (non-hydrogen) atoms. The van der Waals surface area contributed by atoms with Crippen molar-refractivity contribution < 1.29 is 4.74 Å². The SMILES string of the molecule is Cc1cc(Oc2ccc(C#N)cc2N)n2ncnc2n1. The smallest absolute Gasteiger partial charge is 0.255 e. The molecule has 0 unspecified atom stereocenters. The van der Waals surface area contributed by atoms with Gasteiger partial charge in [-0.15, -0.1) is 0 Å². The zero-order valence-corrected chi connectivity index (χ0v) is 10.6. The Morgan fingerprint density at radius 2 is 2.20 bits per heavy atom. The molecule has 2 aromatic heterocycles. The number of nitrogens with two attached hydrogens (primary N) is 1. The van der Waals surface area contributed by atoms with Gasteiger partial charge in [0.2, 0.25) is 5.88 Å². The number of hydrogen-bond donors (Lipinski definition) is 1. The molecule has 0 bridgehead atoms. The lowest BCUT2D eigenvalue weighted by atomic mass is 10.2. The van der Waals surface area contributed by atoms with E-state index in [1.54, 1.807) is 24.3 Å². The van der Waals surface area contributed by atoms with Gasteiger partial charge in [0.25, 0.3) is 5.78 Å². The summed E-state index contributed by atoms with van der Waals surface area (Å²) in [5.41, 5.74) is 7.48. The van der Waals surface area contributed by atoms with Crippen LogP contribution in [-0.4, -0.2) is 19.6 Å². The molecule has 7 heteroatoms. The Morgan fingerprint density at radius 3 is 2.95 bits per heavy atom. The van der Waals surface area contributed by atoms with E-state index >= 15 is 0 Å². The van der Waals surface area contributed by atoms with E-state index in [9.17, 15) is 0 Å². The minimum atomic E-state index is 0.381. The summed E-state index contributed by atoms with van der Waals surface area (Å²) in [5, 5.41) is 12.9. The Hall–Kier alpha value is -3.14. The van der Waals surface area contributed by atoms with Crippen LogP contribution in [0.4, 0.5) is 5.69 Å². The third-order valence-electron chi connectivity index (χ3n) is 2.70. The van der Waals surface area contributed by atoms with Gasteiger partial charge in [0.1, 0.15) is 6.33 Å². The predicted molar refractivity (Wildman–Crippen MR) is 71.2 cm³/mol. The number of ether oxygens (including phenoxy) is 1. The Balaban J connectivity index is 2.05. The molecule has 1 aromatic carbocycles. The molecule has 0 aliphatic carbocycles. The lowest BCUT2D eigenvalue weighted by molar-refractivity contribution is 0.447. The number of aryl methyl sites for hydroxylation is 1. The van der Waals surface area contributed by atoms with E-state index in [4.69, 9.17) is 15.7 Å². The van der Waals surface area contributed by atoms with Gasteiger partial charge < -0.3 is 10.5 Å². The molecular formula is C13H10N6O. The third-order valence-corrected chi connectivity index (χ3v) is 2.70. The largest absolute Gasteiger partial charge is 0.437 e. The van der Waals surface area contributed by atoms with Crippen LogP contribution in [0, 0.1) is 18.3 Å². The molecule has 0 saturated heterocycles. The fraction of sp³-hybridized carbons (Fsp3) is 0.0769. The standard InChI is InChI=1S/C13H10N6O/c1-8-4-12(19-13(18-8)16-7-17-19)20-11-3-2-9(6-14)5-10(11)15/h2-5,7H,15H2,1H3. The van der Waals surface area contributed by atoms with E-state index in [2.05, 4.69) is 15.1 Å². The zero-order valence-electron chi connectivity index (χ0n) is 10.6. The molecule has 0 fully saturated rings. The molecule has 0 saturated carbocycles. The van der Waals surface area contributed by atoms with Crippen LogP contribution in [0.15, 0.2) is 30.6 Å². The van der Waals surface area contributed by atoms with Crippen LogP contribution < -0.4 is 10.5 Å². The van der Waals surface area contributed by atoms with Gasteiger partial charge in [-0.1, -0.05) is 0 Å². The molecule has 98 valence electrons. The molecule has 0 radical (unpaired) electrons. The minimum Gasteiger partial charge on any atom is -0.437 e. The number of rotatable bonds is 2. The number of fused-ring (bicyclic) bond motifs is 1. The van der Waals surface area contributed by atoms with Gasteiger partial charge in [-0.3, -0.25) is 0 Å². The highest BCUT2D eigenvalue weighted by Gasteiger charge is 2.10. The first kappa shape index (κ1) is 11.9. The molecular weight excluding hydrogens is 256 g/mol. The van der Waals surface area contributed by atoms with Crippen molar-refractivity contribution in [2.24, 2.45) is 0 Å². The molecule has 0 atom stereocenters. The second-order valence-electron chi connectivity index (χ2n) is 4.17. The van der Waals surface area contributed by atoms with Crippen molar-refractivity contribution in [3.8, 4) is 17.7 Å². The van der Waals surface area contributed by atoms with Crippen molar-refractivity contribution in [1.29, 1.82) is 5.26 Å². The average molecular weight is 266 g/mol. The summed E-state index contributed by atoms with van der Waals surface area (Å²) in [4.78, 5) is 8.24. The molecule has 7 nitrogen and oxygen atoms in total. The summed E-state index contributed by atoms with van der Waals surface area (Å²) in [7, 11) is 0. The van der Waals surface area contributed by atoms with E-state index in [0.29, 0.717) is 28.7 Å². The molecule has 3 rings (SSSR count). The van der Waals surface area contributed by atoms with Crippen LogP contribution in [0.2, 0.25) is 0 Å². The monoisotopic (exact) mass is 266 g/mol. The van der Waals surface area contributed by atoms with Gasteiger partial charge in [-0.05, 0) is 25.1 Å². The highest BCUT2D eigenvalue weighted by Crippen LogP contribution is 2.28. The van der Waals surface area contributed by atoms with E-state index in [0.717, 1.165) is 5.69 Å². The first-order chi connectivity index (χ1) is 9.67. The molecule has 2 N–H and O–H groups in total. The van der Waals surface area contributed by atoms with Crippen molar-refractivity contribution in [1.82, 2.24) is 19.6 Å². The lowest BCUT2D eigenvalue weighted by Crippen LogP contribution is -2.01. The maximum atomic E-state index is 8.82. The van der Waals surface area contributed by atoms with Crippen LogP contribution in [0.3, 0.4) is 0 Å². The van der Waals surface area contributed by atoms with Crippen LogP contribution in [-0.2, 0) is 0 Å². The van der Waals surface area contributed by atoms with Crippen LogP contribution >= 0.6 is 0 Å². The van der Waals surface area contributed by atoms with Crippen LogP contribution in [0.25, 0.3) is 5.78 Å². The fourth-order valence-corrected chi connectivity index (χ4v) is 1.79. The molecule has 2 heterocycles. The number of hydrogen-bond acceptors (Lipinski definition) is 6. The second kappa shape index (κ2) is 4.51. The van der Waals surface area contributed by atoms with Gasteiger partial charge in [0.05, 0.1) is 17.3 Å². The van der Waals surface area contributed by atoms with E-state index in [1.807, 2.05) is 13.0 Å². The quantitative estimate of drug-likeness (QED) is 0.708. The molecule has 3 aromatic rings. The topological polar surface area (TPSA) is 102 Å². The zero-order chi connectivity index (χ0) is 14.1. The highest BCUT2D eigenvalue weighted by molar-refractivity contribution is 5.57. The van der Waals surface area contributed by atoms with Crippen molar-refractivity contribution in [3.63, 3.8) is 0 Å².